The SMILES string of the molecule is CCCCCc1c(C(=O)c2ccccc2)nnn1S(=O)(=O)c1ccc(C)cc1. The van der Waals surface area contributed by atoms with Gasteiger partial charge < -0.3 is 0 Å². The van der Waals surface area contributed by atoms with Crippen LogP contribution in [0.2, 0.25) is 0 Å². The van der Waals surface area contributed by atoms with Gasteiger partial charge in [-0.15, -0.1) is 9.19 Å². The molecule has 0 amide bonds. The van der Waals surface area contributed by atoms with Gasteiger partial charge in [-0.1, -0.05) is 73.0 Å². The first-order chi connectivity index (χ1) is 13.4. The van der Waals surface area contributed by atoms with Gasteiger partial charge in [-0.25, -0.2) is 0 Å². The first kappa shape index (κ1) is 19.9. The summed E-state index contributed by atoms with van der Waals surface area (Å²) in [7, 11) is -3.93. The zero-order valence-corrected chi connectivity index (χ0v) is 16.8. The highest BCUT2D eigenvalue weighted by molar-refractivity contribution is 7.89. The van der Waals surface area contributed by atoms with Crippen LogP contribution in [0.1, 0.15) is 53.5 Å². The summed E-state index contributed by atoms with van der Waals surface area (Å²) in [5.41, 5.74) is 1.85. The molecular formula is C21H23N3O3S. The number of hydrogen-bond donors (Lipinski definition) is 0. The molecule has 0 aliphatic carbocycles. The molecule has 3 rings (SSSR count). The van der Waals surface area contributed by atoms with Gasteiger partial charge in [0.1, 0.15) is 0 Å². The predicted molar refractivity (Wildman–Crippen MR) is 107 cm³/mol. The number of aryl methyl sites for hydroxylation is 1. The van der Waals surface area contributed by atoms with Gasteiger partial charge in [0.25, 0.3) is 10.0 Å². The number of unbranched alkanes of at least 4 members (excludes halogenated alkanes) is 2. The van der Waals surface area contributed by atoms with E-state index in [2.05, 4.69) is 17.2 Å². The number of benzene rings is 2. The molecule has 0 aliphatic rings. The fourth-order valence-electron chi connectivity index (χ4n) is 2.95. The number of carbonyl (C=O) groups is 1. The molecule has 0 radical (unpaired) electrons. The fraction of sp³-hybridized carbons (Fsp3) is 0.286. The van der Waals surface area contributed by atoms with Crippen molar-refractivity contribution in [2.75, 3.05) is 0 Å². The van der Waals surface area contributed by atoms with Crippen molar-refractivity contribution in [2.24, 2.45) is 0 Å². The summed E-state index contributed by atoms with van der Waals surface area (Å²) in [6.45, 7) is 3.95. The van der Waals surface area contributed by atoms with Gasteiger partial charge in [-0.05, 0) is 31.9 Å². The van der Waals surface area contributed by atoms with E-state index in [0.717, 1.165) is 28.9 Å². The van der Waals surface area contributed by atoms with Gasteiger partial charge in [0.15, 0.2) is 5.69 Å². The van der Waals surface area contributed by atoms with Gasteiger partial charge in [-0.3, -0.25) is 4.79 Å². The maximum Gasteiger partial charge on any atom is 0.284 e. The number of ketones is 1. The van der Waals surface area contributed by atoms with Gasteiger partial charge in [0, 0.05) is 5.56 Å². The van der Waals surface area contributed by atoms with E-state index < -0.39 is 10.0 Å². The van der Waals surface area contributed by atoms with Gasteiger partial charge in [0.2, 0.25) is 5.78 Å². The third-order valence-electron chi connectivity index (χ3n) is 4.54. The molecule has 1 aromatic heterocycles. The van der Waals surface area contributed by atoms with Crippen LogP contribution in [-0.4, -0.2) is 28.6 Å². The van der Waals surface area contributed by atoms with Crippen LogP contribution in [0.4, 0.5) is 0 Å². The number of hydrogen-bond acceptors (Lipinski definition) is 5. The zero-order valence-electron chi connectivity index (χ0n) is 16.0. The summed E-state index contributed by atoms with van der Waals surface area (Å²) in [4.78, 5) is 13.0. The quantitative estimate of drug-likeness (QED) is 0.427. The van der Waals surface area contributed by atoms with E-state index in [9.17, 15) is 13.2 Å². The topological polar surface area (TPSA) is 81.9 Å². The molecule has 146 valence electrons. The molecule has 0 N–H and O–H groups in total. The van der Waals surface area contributed by atoms with E-state index in [1.807, 2.05) is 13.0 Å². The molecule has 0 saturated carbocycles. The Hall–Kier alpha value is -2.80. The highest BCUT2D eigenvalue weighted by atomic mass is 32.2. The fourth-order valence-corrected chi connectivity index (χ4v) is 4.23. The first-order valence-electron chi connectivity index (χ1n) is 9.31. The van der Waals surface area contributed by atoms with Crippen LogP contribution in [0.5, 0.6) is 0 Å². The minimum atomic E-state index is -3.93. The molecule has 0 unspecified atom stereocenters. The molecule has 0 aliphatic heterocycles. The lowest BCUT2D eigenvalue weighted by Crippen LogP contribution is -2.18. The van der Waals surface area contributed by atoms with E-state index in [1.54, 1.807) is 48.5 Å². The van der Waals surface area contributed by atoms with Crippen LogP contribution >= 0.6 is 0 Å². The normalized spacial score (nSPS) is 11.5. The minimum absolute atomic E-state index is 0.0954. The number of aromatic nitrogens is 3. The second-order valence-corrected chi connectivity index (χ2v) is 8.47. The third-order valence-corrected chi connectivity index (χ3v) is 6.16. The summed E-state index contributed by atoms with van der Waals surface area (Å²) < 4.78 is 27.2. The first-order valence-corrected chi connectivity index (χ1v) is 10.8. The summed E-state index contributed by atoms with van der Waals surface area (Å²) in [6, 6.07) is 15.3. The van der Waals surface area contributed by atoms with Crippen LogP contribution in [-0.2, 0) is 16.4 Å². The van der Waals surface area contributed by atoms with E-state index in [-0.39, 0.29) is 16.4 Å². The Morgan fingerprint density at radius 3 is 2.32 bits per heavy atom. The summed E-state index contributed by atoms with van der Waals surface area (Å²) in [5, 5.41) is 7.83. The van der Waals surface area contributed by atoms with Gasteiger partial charge >= 0.3 is 0 Å². The van der Waals surface area contributed by atoms with E-state index in [0.29, 0.717) is 17.7 Å². The van der Waals surface area contributed by atoms with Crippen LogP contribution in [0.15, 0.2) is 59.5 Å². The lowest BCUT2D eigenvalue weighted by Gasteiger charge is -2.09. The minimum Gasteiger partial charge on any atom is -0.287 e. The molecule has 28 heavy (non-hydrogen) atoms. The third kappa shape index (κ3) is 4.04. The lowest BCUT2D eigenvalue weighted by molar-refractivity contribution is 0.103. The van der Waals surface area contributed by atoms with Crippen LogP contribution in [0, 0.1) is 6.92 Å². The van der Waals surface area contributed by atoms with E-state index in [1.165, 1.54) is 0 Å². The Balaban J connectivity index is 2.07. The second kappa shape index (κ2) is 8.48. The molecule has 0 bridgehead atoms. The summed E-state index contributed by atoms with van der Waals surface area (Å²) >= 11 is 0. The van der Waals surface area contributed by atoms with Gasteiger partial charge in [-0.2, -0.15) is 8.42 Å². The molecule has 7 heteroatoms. The lowest BCUT2D eigenvalue weighted by atomic mass is 10.0. The molecular weight excluding hydrogens is 374 g/mol. The van der Waals surface area contributed by atoms with Crippen molar-refractivity contribution < 1.29 is 13.2 Å². The number of nitrogens with zero attached hydrogens (tertiary/aromatic N) is 3. The van der Waals surface area contributed by atoms with Crippen molar-refractivity contribution in [3.8, 4) is 0 Å². The number of rotatable bonds is 8. The Bertz CT molecular complexity index is 1060. The maximum absolute atomic E-state index is 13.1. The Morgan fingerprint density at radius 2 is 1.68 bits per heavy atom. The molecule has 2 aromatic carbocycles. The largest absolute Gasteiger partial charge is 0.287 e. The maximum atomic E-state index is 13.1. The van der Waals surface area contributed by atoms with E-state index in [4.69, 9.17) is 0 Å². The van der Waals surface area contributed by atoms with Crippen molar-refractivity contribution in [3.05, 3.63) is 77.1 Å². The van der Waals surface area contributed by atoms with Crippen molar-refractivity contribution in [2.45, 2.75) is 44.4 Å². The van der Waals surface area contributed by atoms with Crippen LogP contribution in [0.3, 0.4) is 0 Å². The summed E-state index contributed by atoms with van der Waals surface area (Å²) in [5.74, 6) is -0.322. The molecule has 0 atom stereocenters. The molecule has 1 heterocycles. The standard InChI is InChI=1S/C21H23N3O3S/c1-3-4-6-11-19-20(21(25)17-9-7-5-8-10-17)22-23-24(19)28(26,27)18-14-12-16(2)13-15-18/h5,7-10,12-15H,3-4,6,11H2,1-2H3. The highest BCUT2D eigenvalue weighted by Crippen LogP contribution is 2.21. The Labute approximate surface area is 165 Å². The van der Waals surface area contributed by atoms with Crippen LogP contribution in [0.25, 0.3) is 0 Å². The predicted octanol–water partition coefficient (Wildman–Crippen LogP) is 3.79. The van der Waals surface area contributed by atoms with Crippen molar-refractivity contribution in [3.63, 3.8) is 0 Å². The second-order valence-electron chi connectivity index (χ2n) is 6.70. The highest BCUT2D eigenvalue weighted by Gasteiger charge is 2.28. The van der Waals surface area contributed by atoms with E-state index >= 15 is 0 Å². The molecule has 0 spiro atoms. The monoisotopic (exact) mass is 397 g/mol. The number of carbonyl (C=O) groups excluding carboxylic acids is 1. The Morgan fingerprint density at radius 1 is 1.00 bits per heavy atom. The van der Waals surface area contributed by atoms with Crippen molar-refractivity contribution in [1.29, 1.82) is 0 Å². The molecule has 6 nitrogen and oxygen atoms in total. The van der Waals surface area contributed by atoms with Crippen molar-refractivity contribution in [1.82, 2.24) is 14.4 Å². The van der Waals surface area contributed by atoms with Crippen LogP contribution < -0.4 is 0 Å². The van der Waals surface area contributed by atoms with Crippen molar-refractivity contribution >= 4 is 15.8 Å². The Kier molecular flexibility index (Phi) is 6.04. The average Bonchev–Trinajstić information content (AvgIpc) is 3.13. The molecule has 3 aromatic rings. The summed E-state index contributed by atoms with van der Waals surface area (Å²) in [6.07, 6.45) is 3.07. The molecule has 0 fully saturated rings. The smallest absolute Gasteiger partial charge is 0.284 e. The average molecular weight is 398 g/mol. The zero-order chi connectivity index (χ0) is 20.1. The van der Waals surface area contributed by atoms with Gasteiger partial charge in [0.05, 0.1) is 10.6 Å². The molecule has 0 saturated heterocycles.